The summed E-state index contributed by atoms with van der Waals surface area (Å²) in [6.45, 7) is 1.95. The van der Waals surface area contributed by atoms with E-state index < -0.39 is 10.1 Å². The van der Waals surface area contributed by atoms with E-state index in [1.807, 2.05) is 73.0 Å². The third kappa shape index (κ3) is 5.47. The second-order valence-electron chi connectivity index (χ2n) is 7.38. The van der Waals surface area contributed by atoms with Crippen LogP contribution in [-0.4, -0.2) is 20.0 Å². The molecule has 0 spiro atoms. The van der Waals surface area contributed by atoms with Crippen LogP contribution in [-0.2, 0) is 20.7 Å². The first-order valence-corrected chi connectivity index (χ1v) is 12.3. The highest BCUT2D eigenvalue weighted by Gasteiger charge is 2.22. The Bertz CT molecular complexity index is 1220. The maximum atomic E-state index is 12.7. The molecule has 6 heteroatoms. The van der Waals surface area contributed by atoms with Gasteiger partial charge in [-0.25, -0.2) is 4.98 Å². The molecule has 0 bridgehead atoms. The fourth-order valence-corrected chi connectivity index (χ4v) is 5.14. The maximum Gasteiger partial charge on any atom is 0.296 e. The number of benzene rings is 3. The van der Waals surface area contributed by atoms with E-state index >= 15 is 0 Å². The van der Waals surface area contributed by atoms with Gasteiger partial charge < -0.3 is 0 Å². The van der Waals surface area contributed by atoms with Crippen LogP contribution in [0, 0.1) is 6.92 Å². The molecule has 0 fully saturated rings. The highest BCUT2D eigenvalue weighted by atomic mass is 32.2. The summed E-state index contributed by atoms with van der Waals surface area (Å²) in [7, 11) is -3.84. The number of thiazole rings is 1. The Morgan fingerprint density at radius 3 is 2.23 bits per heavy atom. The molecule has 1 aromatic heterocycles. The minimum absolute atomic E-state index is 0.0308. The van der Waals surface area contributed by atoms with Crippen molar-refractivity contribution in [2.24, 2.45) is 0 Å². The standard InChI is InChI=1S/C25H23NO3S2/c1-19-12-14-23(15-13-19)31(27,28)29-17-22(16-20-8-4-2-5-9-20)24-18-30-25(26-24)21-10-6-3-7-11-21/h2-15,18,22H,16-17H2,1H3/t22-/m0/s1. The number of nitrogens with zero attached hydrogens (tertiary/aromatic N) is 1. The monoisotopic (exact) mass is 449 g/mol. The van der Waals surface area contributed by atoms with Crippen LogP contribution in [0.25, 0.3) is 10.6 Å². The molecule has 0 unspecified atom stereocenters. The van der Waals surface area contributed by atoms with Gasteiger partial charge >= 0.3 is 0 Å². The first kappa shape index (κ1) is 21.4. The zero-order valence-electron chi connectivity index (χ0n) is 17.1. The summed E-state index contributed by atoms with van der Waals surface area (Å²) in [5.74, 6) is -0.184. The molecule has 1 atom stereocenters. The van der Waals surface area contributed by atoms with Crippen LogP contribution in [0.1, 0.15) is 22.7 Å². The van der Waals surface area contributed by atoms with Gasteiger partial charge in [0.1, 0.15) is 5.01 Å². The molecule has 0 N–H and O–H groups in total. The van der Waals surface area contributed by atoms with Crippen molar-refractivity contribution in [2.75, 3.05) is 6.61 Å². The van der Waals surface area contributed by atoms with Crippen molar-refractivity contribution in [1.82, 2.24) is 4.98 Å². The minimum Gasteiger partial charge on any atom is -0.266 e. The minimum atomic E-state index is -3.84. The van der Waals surface area contributed by atoms with Gasteiger partial charge in [-0.15, -0.1) is 11.3 Å². The van der Waals surface area contributed by atoms with E-state index in [0.29, 0.717) is 6.42 Å². The van der Waals surface area contributed by atoms with Crippen LogP contribution in [0.2, 0.25) is 0 Å². The van der Waals surface area contributed by atoms with E-state index in [-0.39, 0.29) is 17.4 Å². The summed E-state index contributed by atoms with van der Waals surface area (Å²) in [5.41, 5.74) is 3.99. The molecule has 0 aliphatic heterocycles. The van der Waals surface area contributed by atoms with Crippen molar-refractivity contribution in [1.29, 1.82) is 0 Å². The highest BCUT2D eigenvalue weighted by Crippen LogP contribution is 2.29. The predicted molar refractivity (Wildman–Crippen MR) is 125 cm³/mol. The van der Waals surface area contributed by atoms with Crippen LogP contribution >= 0.6 is 11.3 Å². The SMILES string of the molecule is Cc1ccc(S(=O)(=O)OC[C@H](Cc2ccccc2)c2csc(-c3ccccc3)n2)cc1. The molecule has 4 aromatic rings. The van der Waals surface area contributed by atoms with Crippen LogP contribution in [0.15, 0.2) is 95.2 Å². The van der Waals surface area contributed by atoms with Crippen molar-refractivity contribution < 1.29 is 12.6 Å². The second kappa shape index (κ2) is 9.56. The lowest BCUT2D eigenvalue weighted by Gasteiger charge is -2.15. The van der Waals surface area contributed by atoms with Gasteiger partial charge in [-0.05, 0) is 31.0 Å². The van der Waals surface area contributed by atoms with E-state index in [1.165, 1.54) is 0 Å². The predicted octanol–water partition coefficient (Wildman–Crippen LogP) is 5.85. The molecule has 0 saturated carbocycles. The molecular weight excluding hydrogens is 426 g/mol. The Morgan fingerprint density at radius 1 is 0.903 bits per heavy atom. The van der Waals surface area contributed by atoms with Gasteiger partial charge in [0.2, 0.25) is 0 Å². The molecule has 0 aliphatic rings. The number of rotatable bonds is 8. The fourth-order valence-electron chi connectivity index (χ4n) is 3.28. The second-order valence-corrected chi connectivity index (χ2v) is 9.86. The van der Waals surface area contributed by atoms with Gasteiger partial charge in [-0.1, -0.05) is 78.4 Å². The van der Waals surface area contributed by atoms with E-state index in [2.05, 4.69) is 0 Å². The van der Waals surface area contributed by atoms with E-state index in [9.17, 15) is 8.42 Å². The fraction of sp³-hybridized carbons (Fsp3) is 0.160. The lowest BCUT2D eigenvalue weighted by Crippen LogP contribution is -2.16. The topological polar surface area (TPSA) is 56.3 Å². The highest BCUT2D eigenvalue weighted by molar-refractivity contribution is 7.86. The van der Waals surface area contributed by atoms with Crippen molar-refractivity contribution >= 4 is 21.5 Å². The maximum absolute atomic E-state index is 12.7. The Morgan fingerprint density at radius 2 is 1.55 bits per heavy atom. The number of aryl methyl sites for hydroxylation is 1. The van der Waals surface area contributed by atoms with Crippen LogP contribution in [0.3, 0.4) is 0 Å². The average Bonchev–Trinajstić information content (AvgIpc) is 3.28. The Labute approximate surface area is 187 Å². The Hall–Kier alpha value is -2.80. The molecule has 1 heterocycles. The summed E-state index contributed by atoms with van der Waals surface area (Å²) < 4.78 is 30.9. The quantitative estimate of drug-likeness (QED) is 0.317. The first-order valence-electron chi connectivity index (χ1n) is 10.0. The zero-order chi connectivity index (χ0) is 21.7. The van der Waals surface area contributed by atoms with Crippen molar-refractivity contribution in [3.05, 3.63) is 107 Å². The smallest absolute Gasteiger partial charge is 0.266 e. The van der Waals surface area contributed by atoms with E-state index in [4.69, 9.17) is 9.17 Å². The Balaban J connectivity index is 1.57. The summed E-state index contributed by atoms with van der Waals surface area (Å²) >= 11 is 1.56. The van der Waals surface area contributed by atoms with E-state index in [0.717, 1.165) is 27.4 Å². The lowest BCUT2D eigenvalue weighted by atomic mass is 9.98. The largest absolute Gasteiger partial charge is 0.296 e. The normalized spacial score (nSPS) is 12.5. The molecule has 0 aliphatic carbocycles. The third-order valence-electron chi connectivity index (χ3n) is 5.02. The van der Waals surface area contributed by atoms with Crippen molar-refractivity contribution in [2.45, 2.75) is 24.2 Å². The van der Waals surface area contributed by atoms with Gasteiger partial charge in [-0.3, -0.25) is 4.18 Å². The molecule has 4 nitrogen and oxygen atoms in total. The molecule has 3 aromatic carbocycles. The van der Waals surface area contributed by atoms with Crippen LogP contribution in [0.5, 0.6) is 0 Å². The molecule has 31 heavy (non-hydrogen) atoms. The first-order chi connectivity index (χ1) is 15.0. The molecular formula is C25H23NO3S2. The van der Waals surface area contributed by atoms with Crippen LogP contribution in [0.4, 0.5) is 0 Å². The Kier molecular flexibility index (Phi) is 6.61. The summed E-state index contributed by atoms with van der Waals surface area (Å²) in [4.78, 5) is 4.97. The summed E-state index contributed by atoms with van der Waals surface area (Å²) in [6, 6.07) is 26.7. The van der Waals surface area contributed by atoms with Crippen molar-refractivity contribution in [3.63, 3.8) is 0 Å². The van der Waals surface area contributed by atoms with Gasteiger partial charge in [0.15, 0.2) is 0 Å². The summed E-state index contributed by atoms with van der Waals surface area (Å²) in [6.07, 6.45) is 0.641. The van der Waals surface area contributed by atoms with Crippen molar-refractivity contribution in [3.8, 4) is 10.6 Å². The van der Waals surface area contributed by atoms with Gasteiger partial charge in [0.25, 0.3) is 10.1 Å². The molecule has 158 valence electrons. The molecule has 0 saturated heterocycles. The number of hydrogen-bond donors (Lipinski definition) is 0. The van der Waals surface area contributed by atoms with Gasteiger partial charge in [0.05, 0.1) is 17.2 Å². The third-order valence-corrected chi connectivity index (χ3v) is 7.23. The number of hydrogen-bond acceptors (Lipinski definition) is 5. The van der Waals surface area contributed by atoms with Crippen LogP contribution < -0.4 is 0 Å². The summed E-state index contributed by atoms with van der Waals surface area (Å²) in [5, 5.41) is 2.91. The zero-order valence-corrected chi connectivity index (χ0v) is 18.8. The number of aromatic nitrogens is 1. The molecule has 0 amide bonds. The van der Waals surface area contributed by atoms with E-state index in [1.54, 1.807) is 35.6 Å². The lowest BCUT2D eigenvalue weighted by molar-refractivity contribution is 0.288. The molecule has 4 rings (SSSR count). The van der Waals surface area contributed by atoms with Gasteiger partial charge in [0, 0.05) is 16.9 Å². The molecule has 0 radical (unpaired) electrons. The van der Waals surface area contributed by atoms with Gasteiger partial charge in [-0.2, -0.15) is 8.42 Å². The average molecular weight is 450 g/mol.